The van der Waals surface area contributed by atoms with Gasteiger partial charge in [-0.15, -0.1) is 0 Å². The summed E-state index contributed by atoms with van der Waals surface area (Å²) < 4.78 is 0. The van der Waals surface area contributed by atoms with Crippen LogP contribution in [0.5, 0.6) is 0 Å². The number of rotatable bonds is 4. The fourth-order valence-electron chi connectivity index (χ4n) is 1.70. The van der Waals surface area contributed by atoms with Crippen LogP contribution in [-0.2, 0) is 0 Å². The van der Waals surface area contributed by atoms with Crippen molar-refractivity contribution in [1.82, 2.24) is 5.32 Å². The van der Waals surface area contributed by atoms with Gasteiger partial charge in [0.05, 0.1) is 0 Å². The van der Waals surface area contributed by atoms with Gasteiger partial charge in [0.2, 0.25) is 0 Å². The first-order valence-electron chi connectivity index (χ1n) is 5.23. The molecule has 1 aromatic rings. The van der Waals surface area contributed by atoms with Crippen molar-refractivity contribution in [3.05, 3.63) is 54.5 Å². The van der Waals surface area contributed by atoms with Crippen LogP contribution < -0.4 is 24.2 Å². The summed E-state index contributed by atoms with van der Waals surface area (Å²) in [5, 5.41) is 3.58. The maximum absolute atomic E-state index is 3.58. The molecule has 0 heterocycles. The Bertz CT molecular complexity index is 308. The van der Waals surface area contributed by atoms with E-state index in [1.54, 1.807) is 0 Å². The Morgan fingerprint density at radius 2 is 2.00 bits per heavy atom. The fourth-order valence-corrected chi connectivity index (χ4v) is 1.70. The zero-order valence-corrected chi connectivity index (χ0v) is 9.48. The minimum Gasteiger partial charge on any atom is -0.333 e. The van der Waals surface area contributed by atoms with Gasteiger partial charge in [-0.1, -0.05) is 43.3 Å². The summed E-state index contributed by atoms with van der Waals surface area (Å²) in [5.41, 5.74) is 1.38. The molecule has 1 N–H and O–H groups in total. The Kier molecular flexibility index (Phi) is 5.05. The molecule has 2 unspecified atom stereocenters. The average Bonchev–Trinajstić information content (AvgIpc) is 2.18. The number of benzene rings is 1. The van der Waals surface area contributed by atoms with E-state index >= 15 is 0 Å². The van der Waals surface area contributed by atoms with Gasteiger partial charge in [0.1, 0.15) is 0 Å². The Morgan fingerprint density at radius 1 is 1.33 bits per heavy atom. The van der Waals surface area contributed by atoms with Crippen LogP contribution in [0.1, 0.15) is 24.9 Å². The third kappa shape index (κ3) is 3.17. The van der Waals surface area contributed by atoms with Crippen LogP contribution in [-0.4, -0.2) is 6.04 Å². The summed E-state index contributed by atoms with van der Waals surface area (Å²) >= 11 is 0. The molecule has 0 saturated carbocycles. The zero-order chi connectivity index (χ0) is 9.80. The van der Waals surface area contributed by atoms with Crippen LogP contribution in [0.15, 0.2) is 42.5 Å². The van der Waals surface area contributed by atoms with Crippen molar-refractivity contribution in [2.24, 2.45) is 0 Å². The molecule has 2 heteroatoms. The number of hydrogen-bond acceptors (Lipinski definition) is 1. The monoisotopic (exact) mass is 193 g/mol. The van der Waals surface area contributed by atoms with E-state index in [4.69, 9.17) is 0 Å². The van der Waals surface area contributed by atoms with E-state index in [-0.39, 0.29) is 18.9 Å². The number of hydrogen-bond donors (Lipinski definition) is 1. The average molecular weight is 193 g/mol. The second-order valence-corrected chi connectivity index (χ2v) is 3.64. The van der Waals surface area contributed by atoms with Gasteiger partial charge in [0, 0.05) is 6.04 Å². The van der Waals surface area contributed by atoms with E-state index in [1.807, 2.05) is 0 Å². The molecule has 0 bridgehead atoms. The van der Waals surface area contributed by atoms with Crippen molar-refractivity contribution in [2.75, 3.05) is 0 Å². The summed E-state index contributed by atoms with van der Waals surface area (Å²) in [6.45, 7) is 2.22. The van der Waals surface area contributed by atoms with Crippen molar-refractivity contribution in [3.63, 3.8) is 0 Å². The largest absolute Gasteiger partial charge is 1.00 e. The summed E-state index contributed by atoms with van der Waals surface area (Å²) in [5.74, 6) is 0. The summed E-state index contributed by atoms with van der Waals surface area (Å²) in [6.07, 6.45) is 7.59. The van der Waals surface area contributed by atoms with Crippen LogP contribution in [0.4, 0.5) is 0 Å². The SMILES string of the molecule is CCC(NC1C=C[CH-]1)c1ccccc1.[Li+]. The van der Waals surface area contributed by atoms with Gasteiger partial charge in [-0.05, 0) is 12.0 Å². The van der Waals surface area contributed by atoms with Crippen molar-refractivity contribution >= 4 is 0 Å². The molecule has 2 atom stereocenters. The molecule has 15 heavy (non-hydrogen) atoms. The van der Waals surface area contributed by atoms with Gasteiger partial charge in [0.25, 0.3) is 0 Å². The minimum absolute atomic E-state index is 0. The fraction of sp³-hybridized carbons (Fsp3) is 0.308. The van der Waals surface area contributed by atoms with Gasteiger partial charge in [-0.25, -0.2) is 18.6 Å². The third-order valence-electron chi connectivity index (χ3n) is 2.64. The van der Waals surface area contributed by atoms with E-state index < -0.39 is 0 Å². The maximum atomic E-state index is 3.58. The topological polar surface area (TPSA) is 12.0 Å². The first kappa shape index (κ1) is 12.5. The minimum atomic E-state index is 0. The molecule has 1 nitrogen and oxygen atoms in total. The molecular weight excluding hydrogens is 177 g/mol. The van der Waals surface area contributed by atoms with Gasteiger partial charge < -0.3 is 5.32 Å². The normalized spacial score (nSPS) is 19.7. The third-order valence-corrected chi connectivity index (χ3v) is 2.64. The van der Waals surface area contributed by atoms with Crippen molar-refractivity contribution < 1.29 is 18.9 Å². The molecule has 1 aromatic carbocycles. The molecule has 0 aromatic heterocycles. The van der Waals surface area contributed by atoms with E-state index in [0.717, 1.165) is 6.42 Å². The van der Waals surface area contributed by atoms with Crippen molar-refractivity contribution in [2.45, 2.75) is 25.4 Å². The Balaban J connectivity index is 0.00000112. The molecule has 0 amide bonds. The van der Waals surface area contributed by atoms with Gasteiger partial charge in [0.15, 0.2) is 0 Å². The smallest absolute Gasteiger partial charge is 0.333 e. The predicted molar refractivity (Wildman–Crippen MR) is 59.8 cm³/mol. The van der Waals surface area contributed by atoms with Gasteiger partial charge in [-0.3, -0.25) is 0 Å². The summed E-state index contributed by atoms with van der Waals surface area (Å²) in [4.78, 5) is 0. The molecule has 0 aliphatic heterocycles. The quantitative estimate of drug-likeness (QED) is 0.519. The summed E-state index contributed by atoms with van der Waals surface area (Å²) in [6, 6.07) is 11.6. The predicted octanol–water partition coefficient (Wildman–Crippen LogP) is -0.126. The van der Waals surface area contributed by atoms with Crippen LogP contribution in [0.25, 0.3) is 0 Å². The maximum Gasteiger partial charge on any atom is 1.00 e. The van der Waals surface area contributed by atoms with E-state index in [2.05, 4.69) is 61.1 Å². The van der Waals surface area contributed by atoms with E-state index in [1.165, 1.54) is 5.56 Å². The van der Waals surface area contributed by atoms with Crippen molar-refractivity contribution in [1.29, 1.82) is 0 Å². The summed E-state index contributed by atoms with van der Waals surface area (Å²) in [7, 11) is 0. The van der Waals surface area contributed by atoms with Crippen LogP contribution in [0.2, 0.25) is 0 Å². The molecule has 74 valence electrons. The van der Waals surface area contributed by atoms with Gasteiger partial charge in [-0.2, -0.15) is 0 Å². The first-order valence-corrected chi connectivity index (χ1v) is 5.23. The van der Waals surface area contributed by atoms with E-state index in [0.29, 0.717) is 12.1 Å². The molecular formula is C13H16LiN. The van der Waals surface area contributed by atoms with Crippen LogP contribution in [0, 0.1) is 6.42 Å². The van der Waals surface area contributed by atoms with E-state index in [9.17, 15) is 0 Å². The second-order valence-electron chi connectivity index (χ2n) is 3.64. The molecule has 0 saturated heterocycles. The van der Waals surface area contributed by atoms with Crippen LogP contribution >= 0.6 is 0 Å². The first-order chi connectivity index (χ1) is 6.90. The molecule has 0 spiro atoms. The second kappa shape index (κ2) is 6.08. The Labute approximate surface area is 104 Å². The molecule has 2 rings (SSSR count). The standard InChI is InChI=1S/C13H16N.Li/c1-2-13(14-12-9-6-10-12)11-7-4-3-5-8-11;/h3-10,12-14H,2H2,1H3;/q-1;+1. The molecule has 1 aliphatic rings. The van der Waals surface area contributed by atoms with Crippen molar-refractivity contribution in [3.8, 4) is 0 Å². The zero-order valence-electron chi connectivity index (χ0n) is 9.48. The Hall–Kier alpha value is -0.613. The van der Waals surface area contributed by atoms with Crippen LogP contribution in [0.3, 0.4) is 0 Å². The molecule has 0 radical (unpaired) electrons. The Morgan fingerprint density at radius 3 is 2.47 bits per heavy atom. The van der Waals surface area contributed by atoms with Gasteiger partial charge >= 0.3 is 18.9 Å². The molecule has 1 aliphatic carbocycles. The number of nitrogens with one attached hydrogen (secondary N) is 1. The molecule has 0 fully saturated rings.